The first-order chi connectivity index (χ1) is 7.18. The Balaban J connectivity index is 2.35. The molecule has 0 bridgehead atoms. The lowest BCUT2D eigenvalue weighted by atomic mass is 9.72. The Morgan fingerprint density at radius 1 is 1.33 bits per heavy atom. The highest BCUT2D eigenvalue weighted by molar-refractivity contribution is 5.76. The molecule has 80 valence electrons. The Morgan fingerprint density at radius 2 is 2.00 bits per heavy atom. The summed E-state index contributed by atoms with van der Waals surface area (Å²) in [5.74, 6) is -0.889. The Hall–Kier alpha value is -1.35. The van der Waals surface area contributed by atoms with Crippen molar-refractivity contribution in [2.24, 2.45) is 5.41 Å². The quantitative estimate of drug-likeness (QED) is 0.765. The van der Waals surface area contributed by atoms with Crippen LogP contribution in [0.25, 0.3) is 0 Å². The highest BCUT2D eigenvalue weighted by Gasteiger charge is 2.40. The standard InChI is InChI=1S/C12H14O3/c13-8-12(11(14)15)6-5-9-3-1-2-4-10(9)7-12/h1-4,13H,5-8H2,(H,14,15). The van der Waals surface area contributed by atoms with Crippen LogP contribution in [0.4, 0.5) is 0 Å². The molecule has 2 rings (SSSR count). The van der Waals surface area contributed by atoms with Gasteiger partial charge >= 0.3 is 5.97 Å². The third kappa shape index (κ3) is 1.63. The topological polar surface area (TPSA) is 57.5 Å². The monoisotopic (exact) mass is 206 g/mol. The van der Waals surface area contributed by atoms with Crippen LogP contribution in [-0.2, 0) is 17.6 Å². The first kappa shape index (κ1) is 10.2. The van der Waals surface area contributed by atoms with E-state index in [1.165, 1.54) is 5.56 Å². The maximum absolute atomic E-state index is 11.2. The van der Waals surface area contributed by atoms with Crippen molar-refractivity contribution in [1.82, 2.24) is 0 Å². The van der Waals surface area contributed by atoms with Gasteiger partial charge < -0.3 is 10.2 Å². The molecule has 1 atom stereocenters. The van der Waals surface area contributed by atoms with Gasteiger partial charge in [0.2, 0.25) is 0 Å². The number of aliphatic hydroxyl groups is 1. The molecule has 1 aliphatic rings. The van der Waals surface area contributed by atoms with Gasteiger partial charge in [-0.3, -0.25) is 4.79 Å². The highest BCUT2D eigenvalue weighted by atomic mass is 16.4. The van der Waals surface area contributed by atoms with Crippen LogP contribution in [0.1, 0.15) is 17.5 Å². The summed E-state index contributed by atoms with van der Waals surface area (Å²) in [4.78, 5) is 11.2. The van der Waals surface area contributed by atoms with Crippen molar-refractivity contribution in [1.29, 1.82) is 0 Å². The van der Waals surface area contributed by atoms with E-state index in [0.29, 0.717) is 12.8 Å². The van der Waals surface area contributed by atoms with Gasteiger partial charge in [0.1, 0.15) is 0 Å². The van der Waals surface area contributed by atoms with Crippen molar-refractivity contribution >= 4 is 5.97 Å². The molecule has 2 N–H and O–H groups in total. The van der Waals surface area contributed by atoms with Gasteiger partial charge in [-0.15, -0.1) is 0 Å². The first-order valence-electron chi connectivity index (χ1n) is 5.09. The summed E-state index contributed by atoms with van der Waals surface area (Å²) >= 11 is 0. The molecule has 0 aromatic heterocycles. The Bertz CT molecular complexity index is 386. The normalized spacial score (nSPS) is 24.6. The molecule has 0 spiro atoms. The molecule has 1 aromatic rings. The molecule has 0 saturated carbocycles. The van der Waals surface area contributed by atoms with Gasteiger partial charge in [0.15, 0.2) is 0 Å². The number of hydrogen-bond donors (Lipinski definition) is 2. The molecule has 0 fully saturated rings. The Labute approximate surface area is 88.4 Å². The van der Waals surface area contributed by atoms with Crippen LogP contribution in [0, 0.1) is 5.41 Å². The maximum atomic E-state index is 11.2. The number of rotatable bonds is 2. The molecule has 3 heteroatoms. The molecule has 0 aliphatic heterocycles. The van der Waals surface area contributed by atoms with E-state index in [4.69, 9.17) is 5.11 Å². The van der Waals surface area contributed by atoms with E-state index in [9.17, 15) is 9.90 Å². The summed E-state index contributed by atoms with van der Waals surface area (Å²) in [6, 6.07) is 7.85. The number of benzene rings is 1. The third-order valence-corrected chi connectivity index (χ3v) is 3.28. The smallest absolute Gasteiger partial charge is 0.312 e. The number of carbonyl (C=O) groups is 1. The van der Waals surface area contributed by atoms with Crippen molar-refractivity contribution in [2.45, 2.75) is 19.3 Å². The number of aliphatic hydroxyl groups excluding tert-OH is 1. The molecule has 1 aliphatic carbocycles. The fourth-order valence-corrected chi connectivity index (χ4v) is 2.19. The van der Waals surface area contributed by atoms with E-state index in [2.05, 4.69) is 0 Å². The lowest BCUT2D eigenvalue weighted by Crippen LogP contribution is -2.40. The average Bonchev–Trinajstić information content (AvgIpc) is 2.28. The largest absolute Gasteiger partial charge is 0.481 e. The minimum atomic E-state index is -0.964. The molecule has 1 unspecified atom stereocenters. The van der Waals surface area contributed by atoms with Crippen LogP contribution in [0.2, 0.25) is 0 Å². The molecule has 15 heavy (non-hydrogen) atoms. The van der Waals surface area contributed by atoms with Gasteiger partial charge in [-0.05, 0) is 30.4 Å². The second-order valence-corrected chi connectivity index (χ2v) is 4.19. The second kappa shape index (κ2) is 3.66. The van der Waals surface area contributed by atoms with Gasteiger partial charge in [-0.25, -0.2) is 0 Å². The second-order valence-electron chi connectivity index (χ2n) is 4.19. The summed E-state index contributed by atoms with van der Waals surface area (Å²) in [5.41, 5.74) is 1.30. The lowest BCUT2D eigenvalue weighted by Gasteiger charge is -2.32. The van der Waals surface area contributed by atoms with Gasteiger partial charge in [0.05, 0.1) is 12.0 Å². The SMILES string of the molecule is O=C(O)C1(CO)CCc2ccccc2C1. The third-order valence-electron chi connectivity index (χ3n) is 3.28. The number of hydrogen-bond acceptors (Lipinski definition) is 2. The minimum Gasteiger partial charge on any atom is -0.481 e. The van der Waals surface area contributed by atoms with Gasteiger partial charge in [0.25, 0.3) is 0 Å². The predicted molar refractivity (Wildman–Crippen MR) is 55.6 cm³/mol. The van der Waals surface area contributed by atoms with E-state index in [-0.39, 0.29) is 6.61 Å². The van der Waals surface area contributed by atoms with E-state index < -0.39 is 11.4 Å². The zero-order valence-electron chi connectivity index (χ0n) is 8.44. The molecule has 1 aromatic carbocycles. The summed E-state index contributed by atoms with van der Waals surface area (Å²) in [6.07, 6.45) is 1.70. The van der Waals surface area contributed by atoms with E-state index in [1.807, 2.05) is 24.3 Å². The van der Waals surface area contributed by atoms with Crippen molar-refractivity contribution in [3.63, 3.8) is 0 Å². The molecule has 0 saturated heterocycles. The lowest BCUT2D eigenvalue weighted by molar-refractivity contribution is -0.152. The zero-order chi connectivity index (χ0) is 10.9. The Kier molecular flexibility index (Phi) is 2.49. The van der Waals surface area contributed by atoms with Crippen LogP contribution < -0.4 is 0 Å². The summed E-state index contributed by atoms with van der Waals surface area (Å²) in [5, 5.41) is 18.4. The van der Waals surface area contributed by atoms with Crippen LogP contribution in [0.5, 0.6) is 0 Å². The van der Waals surface area contributed by atoms with Gasteiger partial charge in [-0.1, -0.05) is 24.3 Å². The van der Waals surface area contributed by atoms with Crippen molar-refractivity contribution < 1.29 is 15.0 Å². The minimum absolute atomic E-state index is 0.281. The molecule has 0 heterocycles. The van der Waals surface area contributed by atoms with Gasteiger partial charge in [0, 0.05) is 0 Å². The van der Waals surface area contributed by atoms with Crippen molar-refractivity contribution in [3.8, 4) is 0 Å². The van der Waals surface area contributed by atoms with Gasteiger partial charge in [-0.2, -0.15) is 0 Å². The van der Waals surface area contributed by atoms with Crippen LogP contribution in [0.3, 0.4) is 0 Å². The van der Waals surface area contributed by atoms with Crippen LogP contribution in [0.15, 0.2) is 24.3 Å². The molecular weight excluding hydrogens is 192 g/mol. The van der Waals surface area contributed by atoms with E-state index in [0.717, 1.165) is 12.0 Å². The predicted octanol–water partition coefficient (Wildman–Crippen LogP) is 1.24. The molecule has 3 nitrogen and oxygen atoms in total. The summed E-state index contributed by atoms with van der Waals surface area (Å²) < 4.78 is 0. The zero-order valence-corrected chi connectivity index (χ0v) is 8.44. The molecular formula is C12H14O3. The summed E-state index contributed by atoms with van der Waals surface area (Å²) in [6.45, 7) is -0.281. The fourth-order valence-electron chi connectivity index (χ4n) is 2.19. The molecule has 0 radical (unpaired) electrons. The number of fused-ring (bicyclic) bond motifs is 1. The fraction of sp³-hybridized carbons (Fsp3) is 0.417. The van der Waals surface area contributed by atoms with Crippen LogP contribution >= 0.6 is 0 Å². The maximum Gasteiger partial charge on any atom is 0.312 e. The van der Waals surface area contributed by atoms with E-state index >= 15 is 0 Å². The molecule has 0 amide bonds. The van der Waals surface area contributed by atoms with Crippen molar-refractivity contribution in [2.75, 3.05) is 6.61 Å². The Morgan fingerprint density at radius 3 is 2.60 bits per heavy atom. The number of carboxylic acid groups (broad SMARTS) is 1. The number of aliphatic carboxylic acids is 1. The number of carboxylic acids is 1. The first-order valence-corrected chi connectivity index (χ1v) is 5.09. The van der Waals surface area contributed by atoms with E-state index in [1.54, 1.807) is 0 Å². The number of aryl methyl sites for hydroxylation is 1. The summed E-state index contributed by atoms with van der Waals surface area (Å²) in [7, 11) is 0. The van der Waals surface area contributed by atoms with Crippen LogP contribution in [-0.4, -0.2) is 22.8 Å². The van der Waals surface area contributed by atoms with Crippen molar-refractivity contribution in [3.05, 3.63) is 35.4 Å². The highest BCUT2D eigenvalue weighted by Crippen LogP contribution is 2.35. The average molecular weight is 206 g/mol.